The summed E-state index contributed by atoms with van der Waals surface area (Å²) in [5, 5.41) is 9.25. The van der Waals surface area contributed by atoms with Gasteiger partial charge in [0.2, 0.25) is 0 Å². The maximum absolute atomic E-state index is 9.25. The number of aliphatic hydroxyl groups is 1. The number of hydrogen-bond donors (Lipinski definition) is 1. The number of hydrogen-bond acceptors (Lipinski definition) is 3. The van der Waals surface area contributed by atoms with E-state index in [-0.39, 0.29) is 18.3 Å². The van der Waals surface area contributed by atoms with Crippen molar-refractivity contribution >= 4 is 0 Å². The van der Waals surface area contributed by atoms with Crippen LogP contribution in [0.2, 0.25) is 0 Å². The smallest absolute Gasteiger partial charge is 0.120 e. The van der Waals surface area contributed by atoms with Gasteiger partial charge in [0.05, 0.1) is 6.10 Å². The highest BCUT2D eigenvalue weighted by atomic mass is 16.5. The lowest BCUT2D eigenvalue weighted by molar-refractivity contribution is 0.130. The molecule has 2 aliphatic carbocycles. The molecule has 0 aliphatic heterocycles. The molecule has 36 heavy (non-hydrogen) atoms. The van der Waals surface area contributed by atoms with Crippen LogP contribution >= 0.6 is 0 Å². The fourth-order valence-corrected chi connectivity index (χ4v) is 6.21. The summed E-state index contributed by atoms with van der Waals surface area (Å²) in [6.45, 7) is 6.58. The number of benzene rings is 3. The lowest BCUT2D eigenvalue weighted by atomic mass is 9.69. The summed E-state index contributed by atoms with van der Waals surface area (Å²) < 4.78 is 12.5. The lowest BCUT2D eigenvalue weighted by Gasteiger charge is -2.35. The quantitative estimate of drug-likeness (QED) is 0.374. The zero-order valence-electron chi connectivity index (χ0n) is 22.0. The Morgan fingerprint density at radius 2 is 1.58 bits per heavy atom. The largest absolute Gasteiger partial charge is 0.490 e. The molecule has 0 bridgehead atoms. The van der Waals surface area contributed by atoms with Crippen molar-refractivity contribution in [3.05, 3.63) is 95.1 Å². The Bertz CT molecular complexity index is 1130. The summed E-state index contributed by atoms with van der Waals surface area (Å²) in [5.74, 6) is 3.24. The average molecular weight is 485 g/mol. The van der Waals surface area contributed by atoms with Crippen molar-refractivity contribution in [2.45, 2.75) is 82.8 Å². The molecule has 2 aliphatic rings. The zero-order valence-corrected chi connectivity index (χ0v) is 22.0. The molecule has 190 valence electrons. The van der Waals surface area contributed by atoms with Crippen molar-refractivity contribution in [2.75, 3.05) is 6.61 Å². The number of aliphatic hydroxyl groups excluding tert-OH is 1. The molecule has 3 nitrogen and oxygen atoms in total. The van der Waals surface area contributed by atoms with Gasteiger partial charge in [0, 0.05) is 12.5 Å². The molecule has 0 radical (unpaired) electrons. The number of ether oxygens (including phenoxy) is 2. The number of fused-ring (bicyclic) bond motifs is 1. The van der Waals surface area contributed by atoms with E-state index in [2.05, 4.69) is 93.6 Å². The SMILES string of the molecule is CC(C)(C)Oc1ccc2c(c1)CC[C@H](c1ccccc1)[C@@H]2c1ccc(OC2CCC(CCO)C2)cc1. The normalized spacial score (nSPS) is 23.8. The van der Waals surface area contributed by atoms with E-state index in [9.17, 15) is 5.11 Å². The van der Waals surface area contributed by atoms with Crippen molar-refractivity contribution in [3.8, 4) is 11.5 Å². The second-order valence-corrected chi connectivity index (χ2v) is 11.6. The first-order valence-electron chi connectivity index (χ1n) is 13.6. The monoisotopic (exact) mass is 484 g/mol. The summed E-state index contributed by atoms with van der Waals surface area (Å²) in [6, 6.07) is 26.5. The molecule has 0 saturated heterocycles. The van der Waals surface area contributed by atoms with Gasteiger partial charge in [0.25, 0.3) is 0 Å². The summed E-state index contributed by atoms with van der Waals surface area (Å²) in [7, 11) is 0. The first-order chi connectivity index (χ1) is 17.4. The van der Waals surface area contributed by atoms with Crippen LogP contribution in [-0.4, -0.2) is 23.4 Å². The zero-order chi connectivity index (χ0) is 25.1. The van der Waals surface area contributed by atoms with Gasteiger partial charge in [-0.15, -0.1) is 0 Å². The van der Waals surface area contributed by atoms with Crippen molar-refractivity contribution in [1.82, 2.24) is 0 Å². The van der Waals surface area contributed by atoms with Crippen LogP contribution in [0.15, 0.2) is 72.8 Å². The predicted octanol–water partition coefficient (Wildman–Crippen LogP) is 7.66. The third-order valence-electron chi connectivity index (χ3n) is 7.80. The first kappa shape index (κ1) is 24.9. The van der Waals surface area contributed by atoms with Crippen LogP contribution in [0, 0.1) is 5.92 Å². The molecule has 1 N–H and O–H groups in total. The van der Waals surface area contributed by atoms with Crippen LogP contribution in [0.1, 0.15) is 87.0 Å². The fourth-order valence-electron chi connectivity index (χ4n) is 6.21. The Hall–Kier alpha value is -2.78. The number of aryl methyl sites for hydroxylation is 1. The summed E-state index contributed by atoms with van der Waals surface area (Å²) in [6.07, 6.45) is 6.62. The average Bonchev–Trinajstić information content (AvgIpc) is 3.30. The Morgan fingerprint density at radius 3 is 2.31 bits per heavy atom. The van der Waals surface area contributed by atoms with Crippen molar-refractivity contribution in [1.29, 1.82) is 0 Å². The van der Waals surface area contributed by atoms with Gasteiger partial charge in [-0.1, -0.05) is 48.5 Å². The standard InChI is InChI=1S/C33H40O3/c1-33(2,3)36-29-16-18-31-26(22-29)12-17-30(24-7-5-4-6-8-24)32(31)25-10-14-27(15-11-25)35-28-13-9-23(21-28)19-20-34/h4-8,10-11,14-16,18,22-23,28,30,32,34H,9,12-13,17,19-21H2,1-3H3/t23?,28?,30-,32+/m1/s1. The second kappa shape index (κ2) is 10.7. The Kier molecular flexibility index (Phi) is 7.39. The molecule has 0 spiro atoms. The van der Waals surface area contributed by atoms with E-state index < -0.39 is 0 Å². The fraction of sp³-hybridized carbons (Fsp3) is 0.455. The Balaban J connectivity index is 1.41. The number of rotatable bonds is 7. The summed E-state index contributed by atoms with van der Waals surface area (Å²) in [5.41, 5.74) is 5.35. The van der Waals surface area contributed by atoms with Gasteiger partial charge in [0.1, 0.15) is 17.1 Å². The van der Waals surface area contributed by atoms with Crippen molar-refractivity contribution < 1.29 is 14.6 Å². The molecular weight excluding hydrogens is 444 g/mol. The first-order valence-corrected chi connectivity index (χ1v) is 13.6. The maximum Gasteiger partial charge on any atom is 0.120 e. The van der Waals surface area contributed by atoms with E-state index in [1.54, 1.807) is 0 Å². The molecule has 1 fully saturated rings. The van der Waals surface area contributed by atoms with Gasteiger partial charge in [-0.05, 0) is 118 Å². The van der Waals surface area contributed by atoms with Crippen LogP contribution < -0.4 is 9.47 Å². The molecule has 3 heteroatoms. The molecule has 0 aromatic heterocycles. The predicted molar refractivity (Wildman–Crippen MR) is 146 cm³/mol. The summed E-state index contributed by atoms with van der Waals surface area (Å²) in [4.78, 5) is 0. The maximum atomic E-state index is 9.25. The highest BCUT2D eigenvalue weighted by Gasteiger charge is 2.33. The third-order valence-corrected chi connectivity index (χ3v) is 7.80. The third kappa shape index (κ3) is 5.78. The molecule has 0 amide bonds. The highest BCUT2D eigenvalue weighted by molar-refractivity contribution is 5.48. The lowest BCUT2D eigenvalue weighted by Crippen LogP contribution is -2.24. The Morgan fingerprint density at radius 1 is 0.833 bits per heavy atom. The van der Waals surface area contributed by atoms with Gasteiger partial charge in [0.15, 0.2) is 0 Å². The van der Waals surface area contributed by atoms with E-state index in [1.165, 1.54) is 22.3 Å². The second-order valence-electron chi connectivity index (χ2n) is 11.6. The van der Waals surface area contributed by atoms with Crippen molar-refractivity contribution in [3.63, 3.8) is 0 Å². The molecular formula is C33H40O3. The molecule has 3 aromatic rings. The molecule has 2 unspecified atom stereocenters. The van der Waals surface area contributed by atoms with Crippen molar-refractivity contribution in [2.24, 2.45) is 5.92 Å². The van der Waals surface area contributed by atoms with E-state index in [0.717, 1.165) is 50.0 Å². The minimum absolute atomic E-state index is 0.206. The van der Waals surface area contributed by atoms with Gasteiger partial charge >= 0.3 is 0 Å². The Labute approximate surface area is 216 Å². The molecule has 1 saturated carbocycles. The van der Waals surface area contributed by atoms with Crippen LogP contribution in [0.3, 0.4) is 0 Å². The molecule has 0 heterocycles. The van der Waals surface area contributed by atoms with Gasteiger partial charge in [-0.25, -0.2) is 0 Å². The van der Waals surface area contributed by atoms with Gasteiger partial charge < -0.3 is 14.6 Å². The van der Waals surface area contributed by atoms with Crippen LogP contribution in [0.4, 0.5) is 0 Å². The minimum Gasteiger partial charge on any atom is -0.490 e. The highest BCUT2D eigenvalue weighted by Crippen LogP contribution is 2.47. The molecule has 3 aromatic carbocycles. The van der Waals surface area contributed by atoms with E-state index in [4.69, 9.17) is 9.47 Å². The van der Waals surface area contributed by atoms with Gasteiger partial charge in [-0.3, -0.25) is 0 Å². The van der Waals surface area contributed by atoms with E-state index >= 15 is 0 Å². The summed E-state index contributed by atoms with van der Waals surface area (Å²) >= 11 is 0. The molecule has 4 atom stereocenters. The molecule has 5 rings (SSSR count). The van der Waals surface area contributed by atoms with E-state index in [1.807, 2.05) is 0 Å². The van der Waals surface area contributed by atoms with E-state index in [0.29, 0.717) is 17.8 Å². The van der Waals surface area contributed by atoms with Crippen LogP contribution in [-0.2, 0) is 6.42 Å². The van der Waals surface area contributed by atoms with Crippen LogP contribution in [0.5, 0.6) is 11.5 Å². The minimum atomic E-state index is -0.206. The van der Waals surface area contributed by atoms with Crippen LogP contribution in [0.25, 0.3) is 0 Å². The topological polar surface area (TPSA) is 38.7 Å². The van der Waals surface area contributed by atoms with Gasteiger partial charge in [-0.2, -0.15) is 0 Å².